The Balaban J connectivity index is 2.09. The lowest BCUT2D eigenvalue weighted by Crippen LogP contribution is -2.28. The number of rotatable bonds is 6. The minimum absolute atomic E-state index is 0.0594. The van der Waals surface area contributed by atoms with Gasteiger partial charge < -0.3 is 10.1 Å². The molecule has 1 heterocycles. The molecule has 0 bridgehead atoms. The molecule has 0 saturated carbocycles. The van der Waals surface area contributed by atoms with Crippen molar-refractivity contribution in [1.29, 1.82) is 5.41 Å². The Kier molecular flexibility index (Phi) is 5.89. The maximum Gasteiger partial charge on any atom is 0.213 e. The number of fused-ring (bicyclic) bond motifs is 1. The first-order chi connectivity index (χ1) is 13.5. The van der Waals surface area contributed by atoms with E-state index in [4.69, 9.17) is 15.1 Å². The summed E-state index contributed by atoms with van der Waals surface area (Å²) in [4.78, 5) is 15.4. The lowest BCUT2D eigenvalue weighted by atomic mass is 10.1. The topological polar surface area (TPSA) is 87.1 Å². The average Bonchev–Trinajstić information content (AvgIpc) is 2.68. The maximum atomic E-state index is 10.6. The molecule has 2 aromatic carbocycles. The zero-order valence-electron chi connectivity index (χ0n) is 16.2. The van der Waals surface area contributed by atoms with Crippen LogP contribution in [0.2, 0.25) is 0 Å². The number of ether oxygens (including phenoxy) is 1. The van der Waals surface area contributed by atoms with Crippen LogP contribution in [-0.2, 0) is 4.79 Å². The van der Waals surface area contributed by atoms with Crippen LogP contribution < -0.4 is 15.4 Å². The first kappa shape index (κ1) is 19.4. The fraction of sp³-hybridized carbons (Fsp3) is 0.227. The molecule has 0 saturated heterocycles. The summed E-state index contributed by atoms with van der Waals surface area (Å²) in [6, 6.07) is 17.3. The molecule has 0 radical (unpaired) electrons. The van der Waals surface area contributed by atoms with Crippen molar-refractivity contribution in [2.24, 2.45) is 5.92 Å². The highest BCUT2D eigenvalue weighted by molar-refractivity contribution is 6.04. The molecule has 144 valence electrons. The van der Waals surface area contributed by atoms with Crippen molar-refractivity contribution < 1.29 is 9.53 Å². The molecule has 1 amide bonds. The van der Waals surface area contributed by atoms with Crippen molar-refractivity contribution in [2.75, 3.05) is 5.32 Å². The Morgan fingerprint density at radius 1 is 1.11 bits per heavy atom. The van der Waals surface area contributed by atoms with Crippen molar-refractivity contribution in [3.63, 3.8) is 0 Å². The van der Waals surface area contributed by atoms with Crippen LogP contribution in [0.1, 0.15) is 20.8 Å². The van der Waals surface area contributed by atoms with Gasteiger partial charge in [0.2, 0.25) is 6.41 Å². The van der Waals surface area contributed by atoms with Crippen LogP contribution in [0.25, 0.3) is 22.2 Å². The molecule has 1 aromatic heterocycles. The standard InChI is InChI=1S/C22H24N4O2/c1-14(2)15(3)28-21-11-7-5-9-17(21)20-12-19(26-22(23)24-13-27)16-8-4-6-10-18(16)25-20/h4-15H,1-3H3,(H3,23,24,25,26,27). The number of carbonyl (C=O) groups is 1. The Hall–Kier alpha value is -3.41. The van der Waals surface area contributed by atoms with E-state index in [1.165, 1.54) is 0 Å². The van der Waals surface area contributed by atoms with Gasteiger partial charge in [-0.1, -0.05) is 44.2 Å². The lowest BCUT2D eigenvalue weighted by Gasteiger charge is -2.20. The second kappa shape index (κ2) is 8.52. The van der Waals surface area contributed by atoms with Gasteiger partial charge in [0.25, 0.3) is 0 Å². The number of pyridine rings is 1. The van der Waals surface area contributed by atoms with Gasteiger partial charge in [-0.05, 0) is 37.1 Å². The monoisotopic (exact) mass is 376 g/mol. The summed E-state index contributed by atoms with van der Waals surface area (Å²) in [5, 5.41) is 14.0. The van der Waals surface area contributed by atoms with E-state index in [0.717, 1.165) is 27.9 Å². The van der Waals surface area contributed by atoms with Gasteiger partial charge in [0.15, 0.2) is 5.96 Å². The molecule has 0 aliphatic carbocycles. The van der Waals surface area contributed by atoms with Gasteiger partial charge in [-0.2, -0.15) is 0 Å². The zero-order valence-corrected chi connectivity index (χ0v) is 16.2. The van der Waals surface area contributed by atoms with Gasteiger partial charge in [0.05, 0.1) is 23.0 Å². The van der Waals surface area contributed by atoms with Crippen molar-refractivity contribution in [1.82, 2.24) is 10.3 Å². The predicted octanol–water partition coefficient (Wildman–Crippen LogP) is 4.42. The third-order valence-electron chi connectivity index (χ3n) is 4.59. The number of nitrogens with one attached hydrogen (secondary N) is 3. The first-order valence-electron chi connectivity index (χ1n) is 9.21. The third kappa shape index (κ3) is 4.28. The summed E-state index contributed by atoms with van der Waals surface area (Å²) < 4.78 is 6.17. The van der Waals surface area contributed by atoms with Gasteiger partial charge in [0.1, 0.15) is 5.75 Å². The number of para-hydroxylation sites is 2. The molecule has 0 aliphatic heterocycles. The molecule has 1 atom stereocenters. The number of benzene rings is 2. The minimum atomic E-state index is -0.102. The predicted molar refractivity (Wildman–Crippen MR) is 113 cm³/mol. The van der Waals surface area contributed by atoms with E-state index in [-0.39, 0.29) is 12.1 Å². The quantitative estimate of drug-likeness (QED) is 0.338. The van der Waals surface area contributed by atoms with Crippen molar-refractivity contribution in [3.8, 4) is 17.0 Å². The van der Waals surface area contributed by atoms with Gasteiger partial charge in [-0.3, -0.25) is 15.5 Å². The molecule has 3 rings (SSSR count). The molecule has 0 aliphatic rings. The fourth-order valence-corrected chi connectivity index (χ4v) is 2.76. The van der Waals surface area contributed by atoms with Crippen molar-refractivity contribution in [3.05, 3.63) is 54.6 Å². The minimum Gasteiger partial charge on any atom is -0.490 e. The van der Waals surface area contributed by atoms with Crippen LogP contribution in [0.5, 0.6) is 5.75 Å². The Labute approximate surface area is 164 Å². The van der Waals surface area contributed by atoms with Gasteiger partial charge in [0, 0.05) is 10.9 Å². The number of guanidine groups is 1. The van der Waals surface area contributed by atoms with E-state index in [1.807, 2.05) is 54.6 Å². The third-order valence-corrected chi connectivity index (χ3v) is 4.59. The number of anilines is 1. The maximum absolute atomic E-state index is 10.6. The van der Waals surface area contributed by atoms with E-state index < -0.39 is 0 Å². The van der Waals surface area contributed by atoms with Crippen LogP contribution in [0, 0.1) is 11.3 Å². The smallest absolute Gasteiger partial charge is 0.213 e. The summed E-state index contributed by atoms with van der Waals surface area (Å²) in [5.74, 6) is 1.04. The van der Waals surface area contributed by atoms with E-state index in [1.54, 1.807) is 0 Å². The van der Waals surface area contributed by atoms with E-state index >= 15 is 0 Å². The number of nitrogens with zero attached hydrogens (tertiary/aromatic N) is 1. The molecule has 1 unspecified atom stereocenters. The lowest BCUT2D eigenvalue weighted by molar-refractivity contribution is -0.108. The molecule has 0 spiro atoms. The summed E-state index contributed by atoms with van der Waals surface area (Å²) in [7, 11) is 0. The van der Waals surface area contributed by atoms with E-state index in [0.29, 0.717) is 18.0 Å². The van der Waals surface area contributed by atoms with Crippen molar-refractivity contribution in [2.45, 2.75) is 26.9 Å². The van der Waals surface area contributed by atoms with Crippen molar-refractivity contribution >= 4 is 29.0 Å². The molecule has 0 fully saturated rings. The fourth-order valence-electron chi connectivity index (χ4n) is 2.76. The summed E-state index contributed by atoms with van der Waals surface area (Å²) in [6.07, 6.45) is 0.528. The highest BCUT2D eigenvalue weighted by Gasteiger charge is 2.15. The van der Waals surface area contributed by atoms with Gasteiger partial charge >= 0.3 is 0 Å². The molecule has 3 N–H and O–H groups in total. The Bertz CT molecular complexity index is 1000. The van der Waals surface area contributed by atoms with Crippen LogP contribution in [-0.4, -0.2) is 23.5 Å². The average molecular weight is 376 g/mol. The second-order valence-electron chi connectivity index (χ2n) is 6.90. The van der Waals surface area contributed by atoms with Crippen LogP contribution >= 0.6 is 0 Å². The summed E-state index contributed by atoms with van der Waals surface area (Å²) in [5.41, 5.74) is 3.07. The Morgan fingerprint density at radius 3 is 2.57 bits per heavy atom. The van der Waals surface area contributed by atoms with Crippen LogP contribution in [0.4, 0.5) is 5.69 Å². The normalized spacial score (nSPS) is 11.9. The summed E-state index contributed by atoms with van der Waals surface area (Å²) >= 11 is 0. The molecule has 6 nitrogen and oxygen atoms in total. The molecule has 6 heteroatoms. The number of hydrogen-bond donors (Lipinski definition) is 3. The van der Waals surface area contributed by atoms with E-state index in [9.17, 15) is 4.79 Å². The SMILES string of the molecule is CC(C)C(C)Oc1ccccc1-c1cc(NC(=N)NC=O)c2ccccc2n1. The molecular weight excluding hydrogens is 352 g/mol. The zero-order chi connectivity index (χ0) is 20.1. The second-order valence-corrected chi connectivity index (χ2v) is 6.90. The summed E-state index contributed by atoms with van der Waals surface area (Å²) in [6.45, 7) is 6.29. The highest BCUT2D eigenvalue weighted by atomic mass is 16.5. The van der Waals surface area contributed by atoms with E-state index in [2.05, 4.69) is 31.4 Å². The van der Waals surface area contributed by atoms with Crippen LogP contribution in [0.15, 0.2) is 54.6 Å². The van der Waals surface area contributed by atoms with Gasteiger partial charge in [-0.25, -0.2) is 4.98 Å². The number of carbonyl (C=O) groups excluding carboxylic acids is 1. The highest BCUT2D eigenvalue weighted by Crippen LogP contribution is 2.34. The number of aromatic nitrogens is 1. The first-order valence-corrected chi connectivity index (χ1v) is 9.21. The number of amides is 1. The largest absolute Gasteiger partial charge is 0.490 e. The van der Waals surface area contributed by atoms with Crippen LogP contribution in [0.3, 0.4) is 0 Å². The molecule has 28 heavy (non-hydrogen) atoms. The molecule has 3 aromatic rings. The Morgan fingerprint density at radius 2 is 1.82 bits per heavy atom. The number of hydrogen-bond acceptors (Lipinski definition) is 4. The molecular formula is C22H24N4O2. The van der Waals surface area contributed by atoms with Gasteiger partial charge in [-0.15, -0.1) is 0 Å².